The van der Waals surface area contributed by atoms with Crippen LogP contribution in [0.1, 0.15) is 24.6 Å². The zero-order valence-electron chi connectivity index (χ0n) is 9.64. The Hall–Kier alpha value is -1.71. The SMILES string of the molecule is CN(C)c1cccc2c(N)nc(C3CC3)n12. The van der Waals surface area contributed by atoms with Crippen LogP contribution < -0.4 is 10.6 Å². The van der Waals surface area contributed by atoms with Crippen molar-refractivity contribution in [2.24, 2.45) is 0 Å². The van der Waals surface area contributed by atoms with Crippen molar-refractivity contribution >= 4 is 17.2 Å². The molecule has 2 N–H and O–H groups in total. The number of hydrogen-bond acceptors (Lipinski definition) is 3. The van der Waals surface area contributed by atoms with Crippen molar-refractivity contribution < 1.29 is 0 Å². The van der Waals surface area contributed by atoms with E-state index >= 15 is 0 Å². The van der Waals surface area contributed by atoms with E-state index in [1.165, 1.54) is 12.8 Å². The van der Waals surface area contributed by atoms with Gasteiger partial charge in [-0.05, 0) is 25.0 Å². The Morgan fingerprint density at radius 3 is 2.75 bits per heavy atom. The van der Waals surface area contributed by atoms with Crippen LogP contribution in [0.5, 0.6) is 0 Å². The molecule has 84 valence electrons. The lowest BCUT2D eigenvalue weighted by atomic mass is 10.3. The highest BCUT2D eigenvalue weighted by atomic mass is 15.2. The summed E-state index contributed by atoms with van der Waals surface area (Å²) in [6.07, 6.45) is 2.47. The zero-order chi connectivity index (χ0) is 11.3. The van der Waals surface area contributed by atoms with Gasteiger partial charge in [0.15, 0.2) is 0 Å². The van der Waals surface area contributed by atoms with Gasteiger partial charge < -0.3 is 10.6 Å². The maximum absolute atomic E-state index is 5.96. The van der Waals surface area contributed by atoms with E-state index in [1.54, 1.807) is 0 Å². The Labute approximate surface area is 94.7 Å². The van der Waals surface area contributed by atoms with Crippen LogP contribution in [-0.4, -0.2) is 23.5 Å². The molecule has 1 saturated carbocycles. The number of anilines is 2. The van der Waals surface area contributed by atoms with Gasteiger partial charge in [0.05, 0.1) is 5.52 Å². The van der Waals surface area contributed by atoms with Gasteiger partial charge in [-0.1, -0.05) is 6.07 Å². The van der Waals surface area contributed by atoms with Crippen LogP contribution >= 0.6 is 0 Å². The molecule has 0 radical (unpaired) electrons. The molecule has 2 heterocycles. The Bertz CT molecular complexity index is 537. The molecule has 16 heavy (non-hydrogen) atoms. The number of nitrogen functional groups attached to an aromatic ring is 1. The lowest BCUT2D eigenvalue weighted by Gasteiger charge is -2.16. The quantitative estimate of drug-likeness (QED) is 0.833. The molecule has 0 bridgehead atoms. The number of pyridine rings is 1. The van der Waals surface area contributed by atoms with Gasteiger partial charge in [-0.3, -0.25) is 4.40 Å². The van der Waals surface area contributed by atoms with Crippen LogP contribution in [-0.2, 0) is 0 Å². The Kier molecular flexibility index (Phi) is 1.87. The van der Waals surface area contributed by atoms with E-state index in [4.69, 9.17) is 5.73 Å². The minimum absolute atomic E-state index is 0.603. The largest absolute Gasteiger partial charge is 0.382 e. The average Bonchev–Trinajstić information content (AvgIpc) is 3.04. The summed E-state index contributed by atoms with van der Waals surface area (Å²) in [5, 5.41) is 0. The standard InChI is InChI=1S/C12H16N4/c1-15(2)10-5-3-4-9-11(13)14-12(16(9)10)8-6-7-8/h3-5,8H,6-7,13H2,1-2H3. The normalized spacial score (nSPS) is 15.6. The first-order valence-electron chi connectivity index (χ1n) is 5.62. The third-order valence-corrected chi connectivity index (χ3v) is 3.10. The molecule has 0 amide bonds. The van der Waals surface area contributed by atoms with Crippen LogP contribution in [0.25, 0.3) is 5.52 Å². The highest BCUT2D eigenvalue weighted by Gasteiger charge is 2.29. The molecule has 1 fully saturated rings. The lowest BCUT2D eigenvalue weighted by molar-refractivity contribution is 0.899. The zero-order valence-corrected chi connectivity index (χ0v) is 9.64. The third-order valence-electron chi connectivity index (χ3n) is 3.10. The average molecular weight is 216 g/mol. The summed E-state index contributed by atoms with van der Waals surface area (Å²) >= 11 is 0. The second-order valence-corrected chi connectivity index (χ2v) is 4.63. The first-order chi connectivity index (χ1) is 7.68. The summed E-state index contributed by atoms with van der Waals surface area (Å²) in [7, 11) is 4.09. The van der Waals surface area contributed by atoms with E-state index in [2.05, 4.69) is 20.4 Å². The predicted octanol–water partition coefficient (Wildman–Crippen LogP) is 1.86. The van der Waals surface area contributed by atoms with Gasteiger partial charge in [-0.15, -0.1) is 0 Å². The summed E-state index contributed by atoms with van der Waals surface area (Å²) in [5.74, 6) is 3.51. The minimum Gasteiger partial charge on any atom is -0.382 e. The van der Waals surface area contributed by atoms with E-state index in [9.17, 15) is 0 Å². The maximum atomic E-state index is 5.96. The number of fused-ring (bicyclic) bond motifs is 1. The van der Waals surface area contributed by atoms with Gasteiger partial charge in [0, 0.05) is 20.0 Å². The Morgan fingerprint density at radius 2 is 2.12 bits per heavy atom. The van der Waals surface area contributed by atoms with Gasteiger partial charge in [0.2, 0.25) is 0 Å². The van der Waals surface area contributed by atoms with Gasteiger partial charge in [-0.2, -0.15) is 0 Å². The van der Waals surface area contributed by atoms with Crippen LogP contribution in [0.15, 0.2) is 18.2 Å². The van der Waals surface area contributed by atoms with Crippen molar-refractivity contribution in [3.8, 4) is 0 Å². The molecular weight excluding hydrogens is 200 g/mol. The highest BCUT2D eigenvalue weighted by Crippen LogP contribution is 2.41. The van der Waals surface area contributed by atoms with Gasteiger partial charge in [0.25, 0.3) is 0 Å². The van der Waals surface area contributed by atoms with E-state index in [-0.39, 0.29) is 0 Å². The fraction of sp³-hybridized carbons (Fsp3) is 0.417. The Balaban J connectivity index is 2.33. The fourth-order valence-corrected chi connectivity index (χ4v) is 2.13. The van der Waals surface area contributed by atoms with Crippen molar-refractivity contribution in [3.63, 3.8) is 0 Å². The first kappa shape index (κ1) is 9.51. The van der Waals surface area contributed by atoms with Gasteiger partial charge in [-0.25, -0.2) is 4.98 Å². The number of hydrogen-bond donors (Lipinski definition) is 1. The summed E-state index contributed by atoms with van der Waals surface area (Å²) in [4.78, 5) is 6.61. The van der Waals surface area contributed by atoms with E-state index in [0.29, 0.717) is 11.7 Å². The molecule has 2 aromatic heterocycles. The lowest BCUT2D eigenvalue weighted by Crippen LogP contribution is -2.13. The summed E-state index contributed by atoms with van der Waals surface area (Å²) in [6, 6.07) is 6.15. The van der Waals surface area contributed by atoms with E-state index < -0.39 is 0 Å². The van der Waals surface area contributed by atoms with Gasteiger partial charge in [0.1, 0.15) is 17.5 Å². The molecule has 0 spiro atoms. The first-order valence-corrected chi connectivity index (χ1v) is 5.62. The number of aromatic nitrogens is 2. The number of nitrogens with zero attached hydrogens (tertiary/aromatic N) is 3. The van der Waals surface area contributed by atoms with Crippen LogP contribution in [0.3, 0.4) is 0 Å². The molecule has 0 saturated heterocycles. The molecule has 0 aliphatic heterocycles. The molecule has 1 aliphatic rings. The second kappa shape index (κ2) is 3.14. The van der Waals surface area contributed by atoms with E-state index in [1.807, 2.05) is 26.2 Å². The molecule has 3 rings (SSSR count). The van der Waals surface area contributed by atoms with Crippen LogP contribution in [0.4, 0.5) is 11.6 Å². The van der Waals surface area contributed by atoms with Crippen molar-refractivity contribution in [1.82, 2.24) is 9.38 Å². The van der Waals surface area contributed by atoms with Crippen LogP contribution in [0.2, 0.25) is 0 Å². The highest BCUT2D eigenvalue weighted by molar-refractivity contribution is 5.70. The number of rotatable bonds is 2. The summed E-state index contributed by atoms with van der Waals surface area (Å²) < 4.78 is 2.19. The van der Waals surface area contributed by atoms with Crippen molar-refractivity contribution in [2.75, 3.05) is 24.7 Å². The minimum atomic E-state index is 0.603. The molecule has 4 heteroatoms. The Morgan fingerprint density at radius 1 is 1.38 bits per heavy atom. The second-order valence-electron chi connectivity index (χ2n) is 4.63. The smallest absolute Gasteiger partial charge is 0.149 e. The number of imidazole rings is 1. The molecule has 4 nitrogen and oxygen atoms in total. The maximum Gasteiger partial charge on any atom is 0.149 e. The summed E-state index contributed by atoms with van der Waals surface area (Å²) in [6.45, 7) is 0. The third kappa shape index (κ3) is 1.26. The number of nitrogens with two attached hydrogens (primary N) is 1. The summed E-state index contributed by atoms with van der Waals surface area (Å²) in [5.41, 5.74) is 6.98. The van der Waals surface area contributed by atoms with Crippen molar-refractivity contribution in [1.29, 1.82) is 0 Å². The van der Waals surface area contributed by atoms with Gasteiger partial charge >= 0.3 is 0 Å². The molecule has 0 aromatic carbocycles. The molecule has 0 unspecified atom stereocenters. The molecule has 2 aromatic rings. The molecule has 0 atom stereocenters. The van der Waals surface area contributed by atoms with Crippen molar-refractivity contribution in [2.45, 2.75) is 18.8 Å². The molecule has 1 aliphatic carbocycles. The van der Waals surface area contributed by atoms with Crippen molar-refractivity contribution in [3.05, 3.63) is 24.0 Å². The predicted molar refractivity (Wildman–Crippen MR) is 65.9 cm³/mol. The monoisotopic (exact) mass is 216 g/mol. The van der Waals surface area contributed by atoms with Crippen LogP contribution in [0, 0.1) is 0 Å². The topological polar surface area (TPSA) is 46.6 Å². The van der Waals surface area contributed by atoms with E-state index in [0.717, 1.165) is 17.2 Å². The fourth-order valence-electron chi connectivity index (χ4n) is 2.13. The molecular formula is C12H16N4.